The molecule has 0 unspecified atom stereocenters. The van der Waals surface area contributed by atoms with Gasteiger partial charge in [0.15, 0.2) is 0 Å². The second-order valence-electron chi connectivity index (χ2n) is 5.20. The lowest BCUT2D eigenvalue weighted by Gasteiger charge is -2.12. The van der Waals surface area contributed by atoms with Crippen molar-refractivity contribution in [1.29, 1.82) is 0 Å². The second-order valence-corrected chi connectivity index (χ2v) is 5.20. The van der Waals surface area contributed by atoms with Crippen LogP contribution in [0.15, 0.2) is 53.3 Å². The van der Waals surface area contributed by atoms with E-state index in [1.54, 1.807) is 17.7 Å². The van der Waals surface area contributed by atoms with Crippen LogP contribution in [0.2, 0.25) is 0 Å². The maximum absolute atomic E-state index is 12.2. The molecule has 106 valence electrons. The Balaban J connectivity index is 2.24. The lowest BCUT2D eigenvalue weighted by atomic mass is 10.1. The summed E-state index contributed by atoms with van der Waals surface area (Å²) in [6.45, 7) is 3.93. The van der Waals surface area contributed by atoms with Crippen molar-refractivity contribution in [3.63, 3.8) is 0 Å². The lowest BCUT2D eigenvalue weighted by molar-refractivity contribution is 0.722. The van der Waals surface area contributed by atoms with Gasteiger partial charge in [0, 0.05) is 18.8 Å². The van der Waals surface area contributed by atoms with Crippen LogP contribution in [0.1, 0.15) is 11.4 Å². The molecule has 0 bridgehead atoms. The van der Waals surface area contributed by atoms with E-state index in [1.807, 2.05) is 61.0 Å². The highest BCUT2D eigenvalue weighted by Gasteiger charge is 2.10. The molecule has 0 fully saturated rings. The van der Waals surface area contributed by atoms with Crippen LogP contribution in [-0.2, 0) is 7.05 Å². The average Bonchev–Trinajstić information content (AvgIpc) is 2.81. The highest BCUT2D eigenvalue weighted by Crippen LogP contribution is 2.20. The average molecular weight is 279 g/mol. The molecule has 0 aliphatic carbocycles. The van der Waals surface area contributed by atoms with Gasteiger partial charge in [-0.25, -0.2) is 4.68 Å². The Kier molecular flexibility index (Phi) is 3.22. The highest BCUT2D eigenvalue weighted by atomic mass is 16.1. The smallest absolute Gasteiger partial charge is 0.252 e. The van der Waals surface area contributed by atoms with Crippen molar-refractivity contribution in [2.24, 2.45) is 7.05 Å². The second kappa shape index (κ2) is 5.05. The third kappa shape index (κ3) is 2.40. The standard InChI is InChI=1S/C17H17N3O/c1-12-9-13(2)20(18-12)16-10-15(11-17(21)19(16)3)14-7-5-4-6-8-14/h4-11H,1-3H3. The number of rotatable bonds is 2. The molecule has 0 aliphatic rings. The van der Waals surface area contributed by atoms with E-state index in [4.69, 9.17) is 0 Å². The van der Waals surface area contributed by atoms with Gasteiger partial charge in [-0.1, -0.05) is 30.3 Å². The van der Waals surface area contributed by atoms with Gasteiger partial charge in [-0.3, -0.25) is 9.36 Å². The van der Waals surface area contributed by atoms with E-state index in [0.29, 0.717) is 0 Å². The van der Waals surface area contributed by atoms with Crippen LogP contribution in [0.4, 0.5) is 0 Å². The number of hydrogen-bond donors (Lipinski definition) is 0. The molecule has 4 heteroatoms. The Morgan fingerprint density at radius 1 is 0.952 bits per heavy atom. The van der Waals surface area contributed by atoms with E-state index < -0.39 is 0 Å². The third-order valence-corrected chi connectivity index (χ3v) is 3.57. The Bertz CT molecular complexity index is 844. The molecule has 0 atom stereocenters. The van der Waals surface area contributed by atoms with Crippen molar-refractivity contribution < 1.29 is 0 Å². The summed E-state index contributed by atoms with van der Waals surface area (Å²) in [4.78, 5) is 12.2. The third-order valence-electron chi connectivity index (χ3n) is 3.57. The van der Waals surface area contributed by atoms with E-state index in [9.17, 15) is 4.79 Å². The van der Waals surface area contributed by atoms with E-state index in [2.05, 4.69) is 5.10 Å². The summed E-state index contributed by atoms with van der Waals surface area (Å²) in [6, 6.07) is 15.6. The minimum absolute atomic E-state index is 0.0427. The first-order valence-electron chi connectivity index (χ1n) is 6.86. The van der Waals surface area contributed by atoms with Crippen LogP contribution in [0, 0.1) is 13.8 Å². The quantitative estimate of drug-likeness (QED) is 0.723. The summed E-state index contributed by atoms with van der Waals surface area (Å²) in [5.74, 6) is 0.770. The molecule has 4 nitrogen and oxygen atoms in total. The Morgan fingerprint density at radius 3 is 2.29 bits per heavy atom. The monoisotopic (exact) mass is 279 g/mol. The number of aromatic nitrogens is 3. The highest BCUT2D eigenvalue weighted by molar-refractivity contribution is 5.64. The molecule has 3 rings (SSSR count). The van der Waals surface area contributed by atoms with Crippen molar-refractivity contribution in [3.05, 3.63) is 70.3 Å². The van der Waals surface area contributed by atoms with E-state index >= 15 is 0 Å². The van der Waals surface area contributed by atoms with Crippen LogP contribution in [0.5, 0.6) is 0 Å². The van der Waals surface area contributed by atoms with Crippen molar-refractivity contribution in [1.82, 2.24) is 14.3 Å². The van der Waals surface area contributed by atoms with Gasteiger partial charge in [-0.05, 0) is 37.1 Å². The Morgan fingerprint density at radius 2 is 1.67 bits per heavy atom. The maximum Gasteiger partial charge on any atom is 0.252 e. The van der Waals surface area contributed by atoms with Crippen LogP contribution >= 0.6 is 0 Å². The van der Waals surface area contributed by atoms with Crippen LogP contribution in [0.3, 0.4) is 0 Å². The molecule has 0 radical (unpaired) electrons. The lowest BCUT2D eigenvalue weighted by Crippen LogP contribution is -2.21. The molecule has 0 N–H and O–H groups in total. The maximum atomic E-state index is 12.2. The molecular weight excluding hydrogens is 262 g/mol. The Hall–Kier alpha value is -2.62. The topological polar surface area (TPSA) is 39.8 Å². The van der Waals surface area contributed by atoms with Crippen LogP contribution in [-0.4, -0.2) is 14.3 Å². The minimum atomic E-state index is -0.0427. The molecule has 1 aromatic carbocycles. The molecule has 0 amide bonds. The van der Waals surface area contributed by atoms with Crippen molar-refractivity contribution >= 4 is 0 Å². The van der Waals surface area contributed by atoms with Crippen molar-refractivity contribution in [3.8, 4) is 16.9 Å². The molecule has 3 aromatic rings. The molecule has 0 spiro atoms. The summed E-state index contributed by atoms with van der Waals surface area (Å²) in [5.41, 5.74) is 3.83. The molecular formula is C17H17N3O. The molecule has 0 saturated carbocycles. The minimum Gasteiger partial charge on any atom is -0.296 e. The van der Waals surface area contributed by atoms with Crippen LogP contribution in [0.25, 0.3) is 16.9 Å². The van der Waals surface area contributed by atoms with Crippen LogP contribution < -0.4 is 5.56 Å². The number of hydrogen-bond acceptors (Lipinski definition) is 2. The first-order valence-corrected chi connectivity index (χ1v) is 6.86. The molecule has 2 heterocycles. The summed E-state index contributed by atoms with van der Waals surface area (Å²) >= 11 is 0. The normalized spacial score (nSPS) is 10.8. The van der Waals surface area contributed by atoms with Gasteiger partial charge in [-0.2, -0.15) is 5.10 Å². The number of benzene rings is 1. The van der Waals surface area contributed by atoms with E-state index in [0.717, 1.165) is 28.3 Å². The number of pyridine rings is 1. The Labute approximate surface area is 123 Å². The molecule has 21 heavy (non-hydrogen) atoms. The fraction of sp³-hybridized carbons (Fsp3) is 0.176. The summed E-state index contributed by atoms with van der Waals surface area (Å²) < 4.78 is 3.43. The predicted octanol–water partition coefficient (Wildman–Crippen LogP) is 2.85. The van der Waals surface area contributed by atoms with Gasteiger partial charge in [0.1, 0.15) is 5.82 Å². The van der Waals surface area contributed by atoms with Crippen molar-refractivity contribution in [2.75, 3.05) is 0 Å². The zero-order valence-corrected chi connectivity index (χ0v) is 12.4. The summed E-state index contributed by atoms with van der Waals surface area (Å²) in [7, 11) is 1.77. The van der Waals surface area contributed by atoms with Gasteiger partial charge < -0.3 is 0 Å². The van der Waals surface area contributed by atoms with Gasteiger partial charge in [0.05, 0.1) is 5.69 Å². The predicted molar refractivity (Wildman–Crippen MR) is 83.7 cm³/mol. The van der Waals surface area contributed by atoms with Gasteiger partial charge in [-0.15, -0.1) is 0 Å². The summed E-state index contributed by atoms with van der Waals surface area (Å²) in [6.07, 6.45) is 0. The van der Waals surface area contributed by atoms with E-state index in [1.165, 1.54) is 0 Å². The van der Waals surface area contributed by atoms with Gasteiger partial charge >= 0.3 is 0 Å². The zero-order chi connectivity index (χ0) is 15.0. The fourth-order valence-corrected chi connectivity index (χ4v) is 2.48. The SMILES string of the molecule is Cc1cc(C)n(-c2cc(-c3ccccc3)cc(=O)n2C)n1. The molecule has 0 aliphatic heterocycles. The largest absolute Gasteiger partial charge is 0.296 e. The fourth-order valence-electron chi connectivity index (χ4n) is 2.48. The van der Waals surface area contributed by atoms with Gasteiger partial charge in [0.25, 0.3) is 5.56 Å². The first kappa shape index (κ1) is 13.4. The van der Waals surface area contributed by atoms with Crippen molar-refractivity contribution in [2.45, 2.75) is 13.8 Å². The number of nitrogens with zero attached hydrogens (tertiary/aromatic N) is 3. The summed E-state index contributed by atoms with van der Waals surface area (Å²) in [5, 5.41) is 4.47. The molecule has 0 saturated heterocycles. The number of aryl methyl sites for hydroxylation is 2. The zero-order valence-electron chi connectivity index (χ0n) is 12.4. The molecule has 2 aromatic heterocycles. The van der Waals surface area contributed by atoms with Gasteiger partial charge in [0.2, 0.25) is 0 Å². The first-order chi connectivity index (χ1) is 10.1. The van der Waals surface area contributed by atoms with E-state index in [-0.39, 0.29) is 5.56 Å².